The Morgan fingerprint density at radius 2 is 2.20 bits per heavy atom. The second-order valence-corrected chi connectivity index (χ2v) is 6.72. The summed E-state index contributed by atoms with van der Waals surface area (Å²) in [5, 5.41) is 2.87. The number of aromatic nitrogens is 1. The van der Waals surface area contributed by atoms with E-state index in [0.29, 0.717) is 44.2 Å². The zero-order valence-corrected chi connectivity index (χ0v) is 14.8. The van der Waals surface area contributed by atoms with E-state index in [1.165, 1.54) is 18.9 Å². The summed E-state index contributed by atoms with van der Waals surface area (Å²) in [7, 11) is 0. The van der Waals surface area contributed by atoms with E-state index in [9.17, 15) is 9.18 Å². The molecule has 0 spiro atoms. The van der Waals surface area contributed by atoms with Gasteiger partial charge in [-0.1, -0.05) is 12.8 Å². The predicted molar refractivity (Wildman–Crippen MR) is 94.1 cm³/mol. The number of carbonyl (C=O) groups is 1. The number of carbonyl (C=O) groups excluding carboxylic acids is 1. The van der Waals surface area contributed by atoms with Crippen molar-refractivity contribution in [1.82, 2.24) is 15.2 Å². The lowest BCUT2D eigenvalue weighted by atomic mass is 10.2. The monoisotopic (exact) mass is 350 g/mol. The molecule has 138 valence electrons. The van der Waals surface area contributed by atoms with Gasteiger partial charge in [0.2, 0.25) is 0 Å². The average molecular weight is 350 g/mol. The minimum atomic E-state index is -0.352. The average Bonchev–Trinajstić information content (AvgIpc) is 3.45. The number of urea groups is 1. The quantitative estimate of drug-likeness (QED) is 0.820. The van der Waals surface area contributed by atoms with Crippen molar-refractivity contribution in [2.45, 2.75) is 32.7 Å². The van der Waals surface area contributed by atoms with Crippen molar-refractivity contribution in [1.29, 1.82) is 0 Å². The van der Waals surface area contributed by atoms with Crippen LogP contribution in [0.15, 0.2) is 12.3 Å². The maximum absolute atomic E-state index is 14.3. The van der Waals surface area contributed by atoms with Gasteiger partial charge in [0, 0.05) is 38.9 Å². The van der Waals surface area contributed by atoms with Gasteiger partial charge in [-0.15, -0.1) is 0 Å². The van der Waals surface area contributed by atoms with E-state index >= 15 is 0 Å². The van der Waals surface area contributed by atoms with Crippen molar-refractivity contribution in [3.05, 3.63) is 23.6 Å². The highest BCUT2D eigenvalue weighted by Gasteiger charge is 2.23. The molecule has 1 aromatic rings. The molecule has 1 aliphatic heterocycles. The smallest absolute Gasteiger partial charge is 0.317 e. The van der Waals surface area contributed by atoms with Gasteiger partial charge in [0.1, 0.15) is 0 Å². The van der Waals surface area contributed by atoms with E-state index in [2.05, 4.69) is 10.3 Å². The molecule has 0 aromatic carbocycles. The van der Waals surface area contributed by atoms with Crippen molar-refractivity contribution < 1.29 is 13.9 Å². The molecule has 1 aliphatic carbocycles. The Bertz CT molecular complexity index is 588. The van der Waals surface area contributed by atoms with Gasteiger partial charge in [0.05, 0.1) is 13.2 Å². The summed E-state index contributed by atoms with van der Waals surface area (Å²) < 4.78 is 19.6. The first-order valence-corrected chi connectivity index (χ1v) is 9.17. The van der Waals surface area contributed by atoms with Gasteiger partial charge in [-0.2, -0.15) is 0 Å². The van der Waals surface area contributed by atoms with Crippen LogP contribution in [0.2, 0.25) is 0 Å². The minimum Gasteiger partial charge on any atom is -0.378 e. The van der Waals surface area contributed by atoms with Crippen LogP contribution in [0.4, 0.5) is 15.0 Å². The summed E-state index contributed by atoms with van der Waals surface area (Å²) in [5.41, 5.74) is 0.668. The van der Waals surface area contributed by atoms with Crippen molar-refractivity contribution in [2.24, 2.45) is 5.92 Å². The van der Waals surface area contributed by atoms with Crippen molar-refractivity contribution in [3.8, 4) is 0 Å². The molecule has 25 heavy (non-hydrogen) atoms. The van der Waals surface area contributed by atoms with Crippen LogP contribution in [-0.2, 0) is 11.3 Å². The highest BCUT2D eigenvalue weighted by molar-refractivity contribution is 5.74. The summed E-state index contributed by atoms with van der Waals surface area (Å²) in [5.74, 6) is 0.806. The van der Waals surface area contributed by atoms with Crippen LogP contribution in [0.5, 0.6) is 0 Å². The molecule has 6 nitrogen and oxygen atoms in total. The third kappa shape index (κ3) is 5.04. The van der Waals surface area contributed by atoms with Gasteiger partial charge in [-0.3, -0.25) is 0 Å². The fourth-order valence-corrected chi connectivity index (χ4v) is 3.01. The number of hydrogen-bond donors (Lipinski definition) is 1. The Kier molecular flexibility index (Phi) is 6.07. The summed E-state index contributed by atoms with van der Waals surface area (Å²) in [6.07, 6.45) is 5.29. The van der Waals surface area contributed by atoms with E-state index in [1.807, 2.05) is 16.7 Å². The fourth-order valence-electron chi connectivity index (χ4n) is 3.01. The number of halogens is 1. The van der Waals surface area contributed by atoms with Gasteiger partial charge in [0.15, 0.2) is 11.6 Å². The highest BCUT2D eigenvalue weighted by atomic mass is 19.1. The fraction of sp³-hybridized carbons (Fsp3) is 0.667. The normalized spacial score (nSPS) is 17.4. The molecule has 2 fully saturated rings. The van der Waals surface area contributed by atoms with Crippen molar-refractivity contribution >= 4 is 11.8 Å². The number of hydrogen-bond acceptors (Lipinski definition) is 4. The molecule has 1 saturated carbocycles. The highest BCUT2D eigenvalue weighted by Crippen LogP contribution is 2.32. The lowest BCUT2D eigenvalue weighted by Gasteiger charge is -2.28. The second kappa shape index (κ2) is 8.47. The van der Waals surface area contributed by atoms with Crippen LogP contribution in [-0.4, -0.2) is 55.3 Å². The molecule has 0 unspecified atom stereocenters. The summed E-state index contributed by atoms with van der Waals surface area (Å²) >= 11 is 0. The minimum absolute atomic E-state index is 0.0965. The molecule has 3 rings (SSSR count). The molecule has 2 amide bonds. The van der Waals surface area contributed by atoms with E-state index in [-0.39, 0.29) is 18.4 Å². The maximum atomic E-state index is 14.3. The van der Waals surface area contributed by atoms with Crippen LogP contribution in [0.3, 0.4) is 0 Å². The third-order valence-electron chi connectivity index (χ3n) is 4.81. The lowest BCUT2D eigenvalue weighted by molar-refractivity contribution is 0.122. The van der Waals surface area contributed by atoms with Gasteiger partial charge in [-0.05, 0) is 30.9 Å². The number of amides is 2. The van der Waals surface area contributed by atoms with Crippen LogP contribution >= 0.6 is 0 Å². The first kappa shape index (κ1) is 17.9. The van der Waals surface area contributed by atoms with E-state index < -0.39 is 0 Å². The number of nitrogens with zero attached hydrogens (tertiary/aromatic N) is 3. The second-order valence-electron chi connectivity index (χ2n) is 6.72. The Morgan fingerprint density at radius 1 is 1.44 bits per heavy atom. The Hall–Kier alpha value is -1.89. The number of anilines is 1. The van der Waals surface area contributed by atoms with Gasteiger partial charge in [-0.25, -0.2) is 14.2 Å². The molecule has 1 N–H and O–H groups in total. The van der Waals surface area contributed by atoms with Crippen molar-refractivity contribution in [3.63, 3.8) is 0 Å². The van der Waals surface area contributed by atoms with Gasteiger partial charge in [0.25, 0.3) is 0 Å². The number of ether oxygens (including phenoxy) is 1. The number of pyridine rings is 1. The Morgan fingerprint density at radius 3 is 2.84 bits per heavy atom. The Balaban J connectivity index is 1.51. The number of morpholine rings is 1. The molecule has 7 heteroatoms. The topological polar surface area (TPSA) is 57.7 Å². The molecular weight excluding hydrogens is 323 g/mol. The molecule has 0 atom stereocenters. The first-order chi connectivity index (χ1) is 12.2. The maximum Gasteiger partial charge on any atom is 0.317 e. The molecular formula is C18H27FN4O2. The van der Waals surface area contributed by atoms with E-state index in [0.717, 1.165) is 18.9 Å². The zero-order valence-electron chi connectivity index (χ0n) is 14.8. The Labute approximate surface area is 148 Å². The lowest BCUT2D eigenvalue weighted by Crippen LogP contribution is -2.40. The standard InChI is InChI=1S/C18H27FN4O2/c1-2-22(6-5-14-3-4-14)18(24)21-13-15-11-16(19)17(20-12-15)23-7-9-25-10-8-23/h11-12,14H,2-10,13H2,1H3,(H,21,24). The van der Waals surface area contributed by atoms with Crippen LogP contribution in [0.25, 0.3) is 0 Å². The zero-order chi connectivity index (χ0) is 17.6. The van der Waals surface area contributed by atoms with E-state index in [1.54, 1.807) is 6.20 Å². The largest absolute Gasteiger partial charge is 0.378 e. The predicted octanol–water partition coefficient (Wildman–Crippen LogP) is 2.39. The molecule has 1 saturated heterocycles. The summed E-state index contributed by atoms with van der Waals surface area (Å²) in [6, 6.07) is 1.36. The molecule has 0 radical (unpaired) electrons. The van der Waals surface area contributed by atoms with Crippen molar-refractivity contribution in [2.75, 3.05) is 44.3 Å². The van der Waals surface area contributed by atoms with Gasteiger partial charge < -0.3 is 19.9 Å². The van der Waals surface area contributed by atoms with Crippen LogP contribution in [0.1, 0.15) is 31.7 Å². The number of nitrogens with one attached hydrogen (secondary N) is 1. The molecule has 1 aromatic heterocycles. The molecule has 2 heterocycles. The third-order valence-corrected chi connectivity index (χ3v) is 4.81. The molecule has 0 bridgehead atoms. The van der Waals surface area contributed by atoms with Crippen LogP contribution in [0, 0.1) is 11.7 Å². The number of rotatable bonds is 7. The van der Waals surface area contributed by atoms with Gasteiger partial charge >= 0.3 is 6.03 Å². The molecule has 2 aliphatic rings. The van der Waals surface area contributed by atoms with Crippen LogP contribution < -0.4 is 10.2 Å². The summed E-state index contributed by atoms with van der Waals surface area (Å²) in [6.45, 7) is 6.20. The van der Waals surface area contributed by atoms with E-state index in [4.69, 9.17) is 4.74 Å². The SMILES string of the molecule is CCN(CCC1CC1)C(=O)NCc1cnc(N2CCOCC2)c(F)c1. The summed E-state index contributed by atoms with van der Waals surface area (Å²) in [4.78, 5) is 20.2. The first-order valence-electron chi connectivity index (χ1n) is 9.17.